The van der Waals surface area contributed by atoms with Crippen molar-refractivity contribution in [3.05, 3.63) is 0 Å². The van der Waals surface area contributed by atoms with Crippen LogP contribution in [-0.2, 0) is 4.74 Å². The van der Waals surface area contributed by atoms with Crippen LogP contribution < -0.4 is 0 Å². The van der Waals surface area contributed by atoms with Crippen LogP contribution in [0.25, 0.3) is 0 Å². The summed E-state index contributed by atoms with van der Waals surface area (Å²) in [6, 6.07) is 0. The summed E-state index contributed by atoms with van der Waals surface area (Å²) >= 11 is 0. The van der Waals surface area contributed by atoms with Crippen LogP contribution in [0.4, 0.5) is 0 Å². The van der Waals surface area contributed by atoms with Gasteiger partial charge >= 0.3 is 0 Å². The molecule has 0 bridgehead atoms. The summed E-state index contributed by atoms with van der Waals surface area (Å²) in [5.41, 5.74) is 0. The molecule has 1 aliphatic rings. The van der Waals surface area contributed by atoms with Gasteiger partial charge in [-0.05, 0) is 0 Å². The molecule has 72 valence electrons. The molecule has 6 nitrogen and oxygen atoms in total. The van der Waals surface area contributed by atoms with Gasteiger partial charge in [0.15, 0.2) is 6.29 Å². The lowest BCUT2D eigenvalue weighted by molar-refractivity contribution is -0.286. The maximum absolute atomic E-state index is 9.42. The summed E-state index contributed by atoms with van der Waals surface area (Å²) < 4.78 is 32.4. The highest BCUT2D eigenvalue weighted by Gasteiger charge is 2.42. The van der Waals surface area contributed by atoms with Crippen molar-refractivity contribution < 1.29 is 35.8 Å². The van der Waals surface area contributed by atoms with Crippen molar-refractivity contribution in [1.29, 1.82) is 0 Å². The van der Waals surface area contributed by atoms with E-state index < -0.39 is 37.2 Å². The number of hydrogen-bond acceptors (Lipinski definition) is 6. The zero-order valence-corrected chi connectivity index (χ0v) is 5.88. The van der Waals surface area contributed by atoms with E-state index in [1.165, 1.54) is 0 Å². The molecule has 1 saturated heterocycles. The van der Waals surface area contributed by atoms with Gasteiger partial charge in [-0.3, -0.25) is 0 Å². The zero-order chi connectivity index (χ0) is 12.9. The van der Waals surface area contributed by atoms with E-state index in [4.69, 9.17) is 20.8 Å². The first kappa shape index (κ1) is 5.48. The van der Waals surface area contributed by atoms with E-state index >= 15 is 0 Å². The third-order valence-corrected chi connectivity index (χ3v) is 1.47. The molecule has 5 atom stereocenters. The molecule has 12 heavy (non-hydrogen) atoms. The maximum Gasteiger partial charge on any atom is 0.184 e. The van der Waals surface area contributed by atoms with Crippen LogP contribution in [0.2, 0.25) is 0 Å². The van der Waals surface area contributed by atoms with Gasteiger partial charge in [0.05, 0.1) is 12.0 Å². The minimum absolute atomic E-state index is 2.09. The number of aliphatic hydroxyl groups is 5. The molecule has 0 aromatic carbocycles. The normalized spacial score (nSPS) is 67.6. The van der Waals surface area contributed by atoms with Crippen molar-refractivity contribution in [2.24, 2.45) is 0 Å². The Morgan fingerprint density at radius 3 is 2.33 bits per heavy atom. The molecule has 0 saturated carbocycles. The van der Waals surface area contributed by atoms with Crippen molar-refractivity contribution in [1.82, 2.24) is 0 Å². The lowest BCUT2D eigenvalue weighted by Gasteiger charge is -2.37. The van der Waals surface area contributed by atoms with Crippen molar-refractivity contribution in [2.45, 2.75) is 30.7 Å². The van der Waals surface area contributed by atoms with E-state index in [1.54, 1.807) is 0 Å². The quantitative estimate of drug-likeness (QED) is 0.293. The summed E-state index contributed by atoms with van der Waals surface area (Å²) in [6.07, 6.45) is -13.4. The van der Waals surface area contributed by atoms with Crippen molar-refractivity contribution in [3.8, 4) is 0 Å². The van der Waals surface area contributed by atoms with Crippen LogP contribution in [0.5, 0.6) is 0 Å². The fourth-order valence-corrected chi connectivity index (χ4v) is 0.786. The van der Waals surface area contributed by atoms with E-state index in [1.807, 2.05) is 0 Å². The summed E-state index contributed by atoms with van der Waals surface area (Å²) in [5.74, 6) is 0. The molecule has 0 spiro atoms. The SMILES string of the molecule is [2H]C([2H])(O)[C@@]1([2H])OC(O)[C@H](O)[C@H](O)[C@]1([2H])O. The molecule has 1 rings (SSSR count). The van der Waals surface area contributed by atoms with E-state index in [-0.39, 0.29) is 0 Å². The lowest BCUT2D eigenvalue weighted by atomic mass is 10.00. The minimum Gasteiger partial charge on any atom is -0.394 e. The second-order valence-corrected chi connectivity index (χ2v) is 2.27. The molecule has 1 heterocycles. The topological polar surface area (TPSA) is 110 Å². The van der Waals surface area contributed by atoms with Gasteiger partial charge in [-0.2, -0.15) is 0 Å². The molecule has 0 amide bonds. The smallest absolute Gasteiger partial charge is 0.184 e. The Labute approximate surface area is 74.3 Å². The Morgan fingerprint density at radius 2 is 1.83 bits per heavy atom. The summed E-state index contributed by atoms with van der Waals surface area (Å²) in [5, 5.41) is 45.8. The Bertz CT molecular complexity index is 281. The van der Waals surface area contributed by atoms with Gasteiger partial charge in [0, 0.05) is 0 Å². The zero-order valence-electron chi connectivity index (χ0n) is 9.88. The molecule has 0 radical (unpaired) electrons. The highest BCUT2D eigenvalue weighted by Crippen LogP contribution is 2.18. The van der Waals surface area contributed by atoms with Gasteiger partial charge in [-0.1, -0.05) is 0 Å². The first-order chi connectivity index (χ1) is 6.95. The van der Waals surface area contributed by atoms with E-state index in [2.05, 4.69) is 4.74 Å². The Kier molecular flexibility index (Phi) is 1.67. The number of rotatable bonds is 1. The first-order valence-corrected chi connectivity index (χ1v) is 3.12. The van der Waals surface area contributed by atoms with Crippen LogP contribution in [0, 0.1) is 0 Å². The molecule has 0 aliphatic carbocycles. The van der Waals surface area contributed by atoms with Gasteiger partial charge in [-0.15, -0.1) is 0 Å². The van der Waals surface area contributed by atoms with Crippen LogP contribution in [0.3, 0.4) is 0 Å². The van der Waals surface area contributed by atoms with Crippen LogP contribution in [0.15, 0.2) is 0 Å². The van der Waals surface area contributed by atoms with Gasteiger partial charge in [0.2, 0.25) is 0 Å². The first-order valence-electron chi connectivity index (χ1n) is 5.12. The van der Waals surface area contributed by atoms with E-state index in [9.17, 15) is 10.2 Å². The van der Waals surface area contributed by atoms with Gasteiger partial charge in [0.25, 0.3) is 0 Å². The molecule has 0 aromatic heterocycles. The molecule has 1 aliphatic heterocycles. The number of ether oxygens (including phenoxy) is 1. The second kappa shape index (κ2) is 3.65. The largest absolute Gasteiger partial charge is 0.394 e. The summed E-state index contributed by atoms with van der Waals surface area (Å²) in [4.78, 5) is 0. The molecule has 1 unspecified atom stereocenters. The van der Waals surface area contributed by atoms with Crippen molar-refractivity contribution in [2.75, 3.05) is 6.56 Å². The molecular formula is C6H12O6. The summed E-state index contributed by atoms with van der Waals surface area (Å²) in [6.45, 7) is -3.54. The summed E-state index contributed by atoms with van der Waals surface area (Å²) in [7, 11) is 0. The lowest BCUT2D eigenvalue weighted by Crippen LogP contribution is -2.58. The Balaban J connectivity index is 3.20. The number of aliphatic hydroxyl groups excluding tert-OH is 3. The second-order valence-electron chi connectivity index (χ2n) is 2.27. The maximum atomic E-state index is 9.42. The molecular weight excluding hydrogens is 168 g/mol. The highest BCUT2D eigenvalue weighted by molar-refractivity contribution is 4.87. The monoisotopic (exact) mass is 184 g/mol. The average Bonchev–Trinajstić information content (AvgIpc) is 2.11. The van der Waals surface area contributed by atoms with E-state index in [0.29, 0.717) is 0 Å². The Hall–Kier alpha value is -0.240. The fraction of sp³-hybridized carbons (Fsp3) is 1.00. The standard InChI is InChI=1S/C6H12O6/c7-1-2-3(8)4(9)5(10)6(11)12-2/h2-11H,1H2/t2-,3-,4-,5-,6?/m1/s1/i1D2,2D,3D. The predicted octanol–water partition coefficient (Wildman–Crippen LogP) is -3.22. The molecule has 1 fully saturated rings. The third kappa shape index (κ3) is 1.58. The van der Waals surface area contributed by atoms with Gasteiger partial charge < -0.3 is 30.3 Å². The van der Waals surface area contributed by atoms with Gasteiger partial charge in [-0.25, -0.2) is 0 Å². The molecule has 0 aromatic rings. The molecule has 5 N–H and O–H groups in total. The van der Waals surface area contributed by atoms with Crippen molar-refractivity contribution in [3.63, 3.8) is 0 Å². The predicted molar refractivity (Wildman–Crippen MR) is 36.0 cm³/mol. The van der Waals surface area contributed by atoms with Crippen LogP contribution in [-0.4, -0.2) is 62.7 Å². The fourth-order valence-electron chi connectivity index (χ4n) is 0.786. The van der Waals surface area contributed by atoms with Crippen LogP contribution >= 0.6 is 0 Å². The highest BCUT2D eigenvalue weighted by atomic mass is 16.6. The third-order valence-electron chi connectivity index (χ3n) is 1.47. The average molecular weight is 184 g/mol. The molecule has 6 heteroatoms. The van der Waals surface area contributed by atoms with E-state index in [0.717, 1.165) is 0 Å². The van der Waals surface area contributed by atoms with Gasteiger partial charge in [0.1, 0.15) is 24.4 Å². The number of hydrogen-bond donors (Lipinski definition) is 5. The Morgan fingerprint density at radius 1 is 1.25 bits per heavy atom. The van der Waals surface area contributed by atoms with Crippen molar-refractivity contribution >= 4 is 0 Å². The minimum atomic E-state index is -3.54. The van der Waals surface area contributed by atoms with Crippen LogP contribution in [0.1, 0.15) is 5.48 Å².